The first-order valence-corrected chi connectivity index (χ1v) is 6.87. The molecular weight excluding hydrogens is 222 g/mol. The van der Waals surface area contributed by atoms with Crippen molar-refractivity contribution in [1.82, 2.24) is 9.55 Å². The second kappa shape index (κ2) is 4.30. The van der Waals surface area contributed by atoms with E-state index in [1.54, 1.807) is 0 Å². The number of nitrogens with zero attached hydrogens (tertiary/aromatic N) is 2. The maximum absolute atomic E-state index is 6.08. The molecule has 0 radical (unpaired) electrons. The van der Waals surface area contributed by atoms with Gasteiger partial charge in [-0.2, -0.15) is 0 Å². The lowest BCUT2D eigenvalue weighted by Crippen LogP contribution is -2.14. The quantitative estimate of drug-likeness (QED) is 0.879. The van der Waals surface area contributed by atoms with Crippen LogP contribution in [0.1, 0.15) is 31.7 Å². The van der Waals surface area contributed by atoms with Gasteiger partial charge in [-0.3, -0.25) is 0 Å². The van der Waals surface area contributed by atoms with Gasteiger partial charge in [0.25, 0.3) is 0 Å². The molecule has 1 aromatic heterocycles. The summed E-state index contributed by atoms with van der Waals surface area (Å²) in [7, 11) is 0. The number of benzene rings is 1. The minimum Gasteiger partial charge on any atom is -0.369 e. The molecule has 3 rings (SSSR count). The van der Waals surface area contributed by atoms with Crippen molar-refractivity contribution in [3.63, 3.8) is 0 Å². The third-order valence-electron chi connectivity index (χ3n) is 4.39. The Morgan fingerprint density at radius 2 is 2.22 bits per heavy atom. The number of rotatable bonds is 2. The summed E-state index contributed by atoms with van der Waals surface area (Å²) in [5, 5.41) is 0. The Balaban J connectivity index is 1.98. The van der Waals surface area contributed by atoms with E-state index in [9.17, 15) is 0 Å². The molecule has 2 aromatic rings. The van der Waals surface area contributed by atoms with Crippen LogP contribution in [-0.2, 0) is 6.54 Å². The van der Waals surface area contributed by atoms with Crippen molar-refractivity contribution in [2.24, 2.45) is 11.8 Å². The molecule has 96 valence electrons. The minimum atomic E-state index is 0.662. The van der Waals surface area contributed by atoms with Gasteiger partial charge in [-0.25, -0.2) is 4.98 Å². The molecule has 2 N–H and O–H groups in total. The molecule has 0 bridgehead atoms. The van der Waals surface area contributed by atoms with Gasteiger partial charge >= 0.3 is 0 Å². The largest absolute Gasteiger partial charge is 0.369 e. The number of nitrogens with two attached hydrogens (primary N) is 1. The molecule has 1 heterocycles. The first-order chi connectivity index (χ1) is 8.65. The third-order valence-corrected chi connectivity index (χ3v) is 4.39. The molecule has 0 spiro atoms. The van der Waals surface area contributed by atoms with Crippen LogP contribution in [0.5, 0.6) is 0 Å². The standard InChI is InChI=1S/C15H21N3/c1-10-6-7-14-13(8-10)17-15(16)18(14)9-12-5-3-4-11(12)2/h6-8,11-12H,3-5,9H2,1-2H3,(H2,16,17). The number of fused-ring (bicyclic) bond motifs is 1. The Morgan fingerprint density at radius 3 is 2.94 bits per heavy atom. The molecule has 3 heteroatoms. The fraction of sp³-hybridized carbons (Fsp3) is 0.533. The molecule has 0 aliphatic heterocycles. The highest BCUT2D eigenvalue weighted by Gasteiger charge is 2.24. The fourth-order valence-corrected chi connectivity index (χ4v) is 3.18. The third kappa shape index (κ3) is 1.88. The zero-order valence-electron chi connectivity index (χ0n) is 11.2. The average Bonchev–Trinajstić information content (AvgIpc) is 2.85. The van der Waals surface area contributed by atoms with E-state index in [0.717, 1.165) is 23.9 Å². The maximum atomic E-state index is 6.08. The number of imidazole rings is 1. The van der Waals surface area contributed by atoms with Crippen molar-refractivity contribution in [2.45, 2.75) is 39.7 Å². The van der Waals surface area contributed by atoms with Crippen LogP contribution in [-0.4, -0.2) is 9.55 Å². The first-order valence-electron chi connectivity index (χ1n) is 6.87. The highest BCUT2D eigenvalue weighted by molar-refractivity contribution is 5.79. The number of nitrogen functional groups attached to an aromatic ring is 1. The van der Waals surface area contributed by atoms with Crippen LogP contribution < -0.4 is 5.73 Å². The number of hydrogen-bond donors (Lipinski definition) is 1. The van der Waals surface area contributed by atoms with Crippen LogP contribution in [0.4, 0.5) is 5.95 Å². The molecule has 2 unspecified atom stereocenters. The van der Waals surface area contributed by atoms with Crippen molar-refractivity contribution in [3.05, 3.63) is 23.8 Å². The second-order valence-corrected chi connectivity index (χ2v) is 5.74. The lowest BCUT2D eigenvalue weighted by molar-refractivity contribution is 0.370. The van der Waals surface area contributed by atoms with Gasteiger partial charge in [0.05, 0.1) is 11.0 Å². The Bertz CT molecular complexity index is 570. The van der Waals surface area contributed by atoms with Crippen LogP contribution in [0.3, 0.4) is 0 Å². The van der Waals surface area contributed by atoms with Gasteiger partial charge in [0, 0.05) is 6.54 Å². The lowest BCUT2D eigenvalue weighted by Gasteiger charge is -2.17. The van der Waals surface area contributed by atoms with E-state index in [-0.39, 0.29) is 0 Å². The van der Waals surface area contributed by atoms with E-state index < -0.39 is 0 Å². The van der Waals surface area contributed by atoms with E-state index in [4.69, 9.17) is 5.73 Å². The van der Waals surface area contributed by atoms with Crippen molar-refractivity contribution >= 4 is 17.0 Å². The maximum Gasteiger partial charge on any atom is 0.201 e. The first kappa shape index (κ1) is 11.6. The lowest BCUT2D eigenvalue weighted by atomic mass is 9.98. The molecule has 0 amide bonds. The molecule has 18 heavy (non-hydrogen) atoms. The van der Waals surface area contributed by atoms with Crippen LogP contribution >= 0.6 is 0 Å². The smallest absolute Gasteiger partial charge is 0.201 e. The van der Waals surface area contributed by atoms with E-state index in [1.807, 2.05) is 0 Å². The molecule has 2 atom stereocenters. The molecule has 0 saturated heterocycles. The van der Waals surface area contributed by atoms with Crippen LogP contribution in [0.15, 0.2) is 18.2 Å². The van der Waals surface area contributed by atoms with Gasteiger partial charge in [0.1, 0.15) is 0 Å². The number of aromatic nitrogens is 2. The van der Waals surface area contributed by atoms with E-state index in [2.05, 4.69) is 41.6 Å². The average molecular weight is 243 g/mol. The van der Waals surface area contributed by atoms with Gasteiger partial charge in [-0.05, 0) is 42.9 Å². The summed E-state index contributed by atoms with van der Waals surface area (Å²) in [6.45, 7) is 5.47. The van der Waals surface area contributed by atoms with Gasteiger partial charge in [0.15, 0.2) is 0 Å². The highest BCUT2D eigenvalue weighted by Crippen LogP contribution is 2.33. The monoisotopic (exact) mass is 243 g/mol. The van der Waals surface area contributed by atoms with Crippen molar-refractivity contribution in [1.29, 1.82) is 0 Å². The zero-order chi connectivity index (χ0) is 12.7. The van der Waals surface area contributed by atoms with E-state index >= 15 is 0 Å². The Morgan fingerprint density at radius 1 is 1.39 bits per heavy atom. The van der Waals surface area contributed by atoms with Gasteiger partial charge in [-0.15, -0.1) is 0 Å². The summed E-state index contributed by atoms with van der Waals surface area (Å²) in [5.74, 6) is 2.23. The van der Waals surface area contributed by atoms with E-state index in [0.29, 0.717) is 5.95 Å². The summed E-state index contributed by atoms with van der Waals surface area (Å²) in [6.07, 6.45) is 4.04. The predicted molar refractivity (Wildman–Crippen MR) is 75.4 cm³/mol. The fourth-order valence-electron chi connectivity index (χ4n) is 3.18. The Hall–Kier alpha value is -1.51. The van der Waals surface area contributed by atoms with Gasteiger partial charge in [0.2, 0.25) is 5.95 Å². The summed E-state index contributed by atoms with van der Waals surface area (Å²) in [6, 6.07) is 6.39. The molecule has 3 nitrogen and oxygen atoms in total. The van der Waals surface area contributed by atoms with Crippen molar-refractivity contribution in [2.75, 3.05) is 5.73 Å². The normalized spacial score (nSPS) is 23.9. The number of anilines is 1. The molecule has 1 aliphatic carbocycles. The zero-order valence-corrected chi connectivity index (χ0v) is 11.2. The Labute approximate surface area is 108 Å². The second-order valence-electron chi connectivity index (χ2n) is 5.74. The molecule has 1 aromatic carbocycles. The van der Waals surface area contributed by atoms with Gasteiger partial charge < -0.3 is 10.3 Å². The summed E-state index contributed by atoms with van der Waals surface area (Å²) in [4.78, 5) is 4.48. The van der Waals surface area contributed by atoms with Gasteiger partial charge in [-0.1, -0.05) is 25.8 Å². The van der Waals surface area contributed by atoms with Crippen LogP contribution in [0.25, 0.3) is 11.0 Å². The van der Waals surface area contributed by atoms with Crippen LogP contribution in [0, 0.1) is 18.8 Å². The molecular formula is C15H21N3. The summed E-state index contributed by atoms with van der Waals surface area (Å²) in [5.41, 5.74) is 9.52. The van der Waals surface area contributed by atoms with E-state index in [1.165, 1.54) is 30.3 Å². The molecule has 1 saturated carbocycles. The number of hydrogen-bond acceptors (Lipinski definition) is 2. The summed E-state index contributed by atoms with van der Waals surface area (Å²) < 4.78 is 2.20. The molecule has 1 fully saturated rings. The topological polar surface area (TPSA) is 43.8 Å². The Kier molecular flexibility index (Phi) is 2.77. The van der Waals surface area contributed by atoms with Crippen molar-refractivity contribution < 1.29 is 0 Å². The minimum absolute atomic E-state index is 0.662. The molecule has 1 aliphatic rings. The summed E-state index contributed by atoms with van der Waals surface area (Å²) >= 11 is 0. The van der Waals surface area contributed by atoms with Crippen LogP contribution in [0.2, 0.25) is 0 Å². The van der Waals surface area contributed by atoms with Crippen molar-refractivity contribution in [3.8, 4) is 0 Å². The SMILES string of the molecule is Cc1ccc2c(c1)nc(N)n2CC1CCCC1C. The predicted octanol–water partition coefficient (Wildman–Crippen LogP) is 3.36. The number of aryl methyl sites for hydroxylation is 1. The highest BCUT2D eigenvalue weighted by atomic mass is 15.2.